The molecule has 0 unspecified atom stereocenters. The van der Waals surface area contributed by atoms with E-state index in [0.717, 1.165) is 0 Å². The van der Waals surface area contributed by atoms with Gasteiger partial charge in [-0.05, 0) is 26.0 Å². The molecule has 0 radical (unpaired) electrons. The number of anilines is 1. The van der Waals surface area contributed by atoms with Crippen LogP contribution in [0.3, 0.4) is 0 Å². The Labute approximate surface area is 143 Å². The van der Waals surface area contributed by atoms with Crippen LogP contribution in [0.5, 0.6) is 5.75 Å². The highest BCUT2D eigenvalue weighted by molar-refractivity contribution is 5.95. The molecule has 0 heterocycles. The predicted octanol–water partition coefficient (Wildman–Crippen LogP) is -1.62. The second-order valence-corrected chi connectivity index (χ2v) is 5.37. The molecule has 1 aromatic carbocycles. The van der Waals surface area contributed by atoms with Crippen molar-refractivity contribution in [2.24, 2.45) is 0 Å². The average Bonchev–Trinajstić information content (AvgIpc) is 2.52. The summed E-state index contributed by atoms with van der Waals surface area (Å²) in [5.41, 5.74) is -0.427. The van der Waals surface area contributed by atoms with Gasteiger partial charge in [0.05, 0.1) is 36.1 Å². The van der Waals surface area contributed by atoms with Gasteiger partial charge in [0.25, 0.3) is 5.69 Å². The normalized spacial score (nSPS) is 12.9. The molecule has 4 N–H and O–H groups in total. The van der Waals surface area contributed by atoms with E-state index in [2.05, 4.69) is 5.32 Å². The molecule has 25 heavy (non-hydrogen) atoms. The number of nitro benzene ring substituents is 1. The molecule has 0 fully saturated rings. The van der Waals surface area contributed by atoms with Crippen molar-refractivity contribution in [1.82, 2.24) is 0 Å². The van der Waals surface area contributed by atoms with E-state index in [1.54, 1.807) is 6.92 Å². The van der Waals surface area contributed by atoms with Crippen LogP contribution in [-0.4, -0.2) is 47.2 Å². The fourth-order valence-corrected chi connectivity index (χ4v) is 2.05. The van der Waals surface area contributed by atoms with Crippen molar-refractivity contribution in [3.8, 4) is 5.75 Å². The zero-order chi connectivity index (χ0) is 19.0. The lowest BCUT2D eigenvalue weighted by Gasteiger charge is -2.17. The number of ether oxygens (including phenoxy) is 1. The number of rotatable bonds is 10. The fourth-order valence-electron chi connectivity index (χ4n) is 2.05. The molecule has 0 spiro atoms. The Balaban J connectivity index is 2.84. The van der Waals surface area contributed by atoms with E-state index in [1.165, 1.54) is 30.4 Å². The zero-order valence-electron chi connectivity index (χ0n) is 13.9. The number of nitrogens with one attached hydrogen (secondary N) is 1. The van der Waals surface area contributed by atoms with E-state index in [1.807, 2.05) is 0 Å². The Morgan fingerprint density at radius 3 is 2.64 bits per heavy atom. The number of aliphatic hydroxyl groups is 1. The number of nitrogens with zero attached hydrogens (tertiary/aromatic N) is 1. The van der Waals surface area contributed by atoms with Crippen molar-refractivity contribution in [1.29, 1.82) is 0 Å². The number of nitro groups is 1. The number of hydrogen-bond acceptors (Lipinski definition) is 7. The molecule has 0 saturated heterocycles. The highest BCUT2D eigenvalue weighted by Gasteiger charge is 2.22. The van der Waals surface area contributed by atoms with Gasteiger partial charge in [-0.15, -0.1) is 0 Å². The summed E-state index contributed by atoms with van der Waals surface area (Å²) in [4.78, 5) is 33.5. The highest BCUT2D eigenvalue weighted by Crippen LogP contribution is 2.29. The molecule has 0 saturated carbocycles. The van der Waals surface area contributed by atoms with Crippen LogP contribution >= 0.6 is 0 Å². The lowest BCUT2D eigenvalue weighted by Crippen LogP contribution is -2.94. The Bertz CT molecular complexity index is 634. The summed E-state index contributed by atoms with van der Waals surface area (Å²) in [5.74, 6) is -1.90. The quantitative estimate of drug-likeness (QED) is 0.336. The first kappa shape index (κ1) is 20.3. The second-order valence-electron chi connectivity index (χ2n) is 5.37. The number of aliphatic carboxylic acids is 1. The summed E-state index contributed by atoms with van der Waals surface area (Å²) in [6.07, 6.45) is -1.21. The SMILES string of the molecule is CCOc1ccc(NC(=O)C[C@H]([NH2+]C[C@H](C)O)C(=O)[O-])c([N+](=O)[O-])c1. The summed E-state index contributed by atoms with van der Waals surface area (Å²) in [6, 6.07) is 2.74. The largest absolute Gasteiger partial charge is 0.544 e. The van der Waals surface area contributed by atoms with Crippen molar-refractivity contribution in [2.45, 2.75) is 32.4 Å². The van der Waals surface area contributed by atoms with Gasteiger partial charge in [-0.1, -0.05) is 0 Å². The molecule has 1 aromatic rings. The summed E-state index contributed by atoms with van der Waals surface area (Å²) in [5, 5.41) is 35.0. The number of hydrogen-bond donors (Lipinski definition) is 3. The van der Waals surface area contributed by atoms with E-state index >= 15 is 0 Å². The molecule has 0 aliphatic carbocycles. The molecule has 0 bridgehead atoms. The maximum Gasteiger partial charge on any atom is 0.296 e. The predicted molar refractivity (Wildman–Crippen MR) is 84.8 cm³/mol. The van der Waals surface area contributed by atoms with Crippen LogP contribution in [0, 0.1) is 10.1 Å². The summed E-state index contributed by atoms with van der Waals surface area (Å²) in [6.45, 7) is 3.61. The number of carboxylic acid groups (broad SMARTS) is 1. The number of carboxylic acids is 1. The molecule has 10 heteroatoms. The Morgan fingerprint density at radius 2 is 2.12 bits per heavy atom. The van der Waals surface area contributed by atoms with Gasteiger partial charge in [-0.25, -0.2) is 0 Å². The van der Waals surface area contributed by atoms with Gasteiger partial charge in [0.15, 0.2) is 0 Å². The van der Waals surface area contributed by atoms with E-state index in [0.29, 0.717) is 6.61 Å². The highest BCUT2D eigenvalue weighted by atomic mass is 16.6. The van der Waals surface area contributed by atoms with Crippen molar-refractivity contribution < 1.29 is 34.8 Å². The molecule has 1 rings (SSSR count). The number of aliphatic hydroxyl groups excluding tert-OH is 1. The maximum absolute atomic E-state index is 12.0. The summed E-state index contributed by atoms with van der Waals surface area (Å²) < 4.78 is 5.18. The smallest absolute Gasteiger partial charge is 0.296 e. The molecular weight excluding hydrogens is 334 g/mol. The first-order chi connectivity index (χ1) is 11.7. The summed E-state index contributed by atoms with van der Waals surface area (Å²) >= 11 is 0. The van der Waals surface area contributed by atoms with Crippen LogP contribution in [0.2, 0.25) is 0 Å². The summed E-state index contributed by atoms with van der Waals surface area (Å²) in [7, 11) is 0. The van der Waals surface area contributed by atoms with Gasteiger partial charge in [-0.3, -0.25) is 14.9 Å². The first-order valence-corrected chi connectivity index (χ1v) is 7.67. The van der Waals surface area contributed by atoms with Crippen LogP contribution in [0.4, 0.5) is 11.4 Å². The Kier molecular flexibility index (Phi) is 7.76. The molecular formula is C15H21N3O7. The minimum absolute atomic E-state index is 0.0638. The lowest BCUT2D eigenvalue weighted by molar-refractivity contribution is -0.687. The van der Waals surface area contributed by atoms with E-state index in [-0.39, 0.29) is 23.7 Å². The van der Waals surface area contributed by atoms with E-state index < -0.39 is 35.4 Å². The lowest BCUT2D eigenvalue weighted by atomic mass is 10.1. The van der Waals surface area contributed by atoms with Crippen LogP contribution in [-0.2, 0) is 9.59 Å². The number of benzene rings is 1. The van der Waals surface area contributed by atoms with Gasteiger partial charge in [-0.2, -0.15) is 0 Å². The standard InChI is InChI=1S/C15H21N3O7/c1-3-25-10-4-5-11(13(6-10)18(23)24)17-14(20)7-12(15(21)22)16-8-9(2)19/h4-6,9,12,16,19H,3,7-8H2,1-2H3,(H,17,20)(H,21,22)/t9-,12-/m0/s1. The topological polar surface area (TPSA) is 158 Å². The number of carbonyl (C=O) groups is 2. The number of amides is 1. The third-order valence-electron chi connectivity index (χ3n) is 3.22. The Morgan fingerprint density at radius 1 is 1.44 bits per heavy atom. The van der Waals surface area contributed by atoms with Gasteiger partial charge in [0, 0.05) is 0 Å². The van der Waals surface area contributed by atoms with Crippen LogP contribution < -0.4 is 20.5 Å². The van der Waals surface area contributed by atoms with Gasteiger partial charge < -0.3 is 30.4 Å². The van der Waals surface area contributed by atoms with E-state index in [4.69, 9.17) is 4.74 Å². The Hall–Kier alpha value is -2.72. The molecule has 0 aliphatic rings. The minimum atomic E-state index is -1.46. The van der Waals surface area contributed by atoms with E-state index in [9.17, 15) is 29.9 Å². The monoisotopic (exact) mass is 355 g/mol. The maximum atomic E-state index is 12.0. The first-order valence-electron chi connectivity index (χ1n) is 7.67. The second kappa shape index (κ2) is 9.55. The van der Waals surface area contributed by atoms with Gasteiger partial charge in [0.2, 0.25) is 5.91 Å². The third kappa shape index (κ3) is 6.73. The van der Waals surface area contributed by atoms with Crippen molar-refractivity contribution in [2.75, 3.05) is 18.5 Å². The van der Waals surface area contributed by atoms with Gasteiger partial charge in [0.1, 0.15) is 24.0 Å². The number of carbonyl (C=O) groups excluding carboxylic acids is 2. The fraction of sp³-hybridized carbons (Fsp3) is 0.467. The third-order valence-corrected chi connectivity index (χ3v) is 3.22. The molecule has 138 valence electrons. The van der Waals surface area contributed by atoms with Crippen molar-refractivity contribution in [3.05, 3.63) is 28.3 Å². The number of quaternary nitrogens is 1. The molecule has 10 nitrogen and oxygen atoms in total. The average molecular weight is 355 g/mol. The van der Waals surface area contributed by atoms with Crippen molar-refractivity contribution >= 4 is 23.3 Å². The van der Waals surface area contributed by atoms with Crippen LogP contribution in [0.1, 0.15) is 20.3 Å². The minimum Gasteiger partial charge on any atom is -0.544 e. The molecule has 0 aliphatic heterocycles. The number of nitrogens with two attached hydrogens (primary N) is 1. The molecule has 1 amide bonds. The molecule has 0 aromatic heterocycles. The zero-order valence-corrected chi connectivity index (χ0v) is 13.9. The van der Waals surface area contributed by atoms with Gasteiger partial charge >= 0.3 is 0 Å². The van der Waals surface area contributed by atoms with Crippen LogP contribution in [0.25, 0.3) is 0 Å². The van der Waals surface area contributed by atoms with Crippen LogP contribution in [0.15, 0.2) is 18.2 Å². The molecule has 2 atom stereocenters. The van der Waals surface area contributed by atoms with Crippen molar-refractivity contribution in [3.63, 3.8) is 0 Å².